The molecule has 1 saturated carbocycles. The highest BCUT2D eigenvalue weighted by Gasteiger charge is 2.23. The summed E-state index contributed by atoms with van der Waals surface area (Å²) in [5.41, 5.74) is 6.89. The maximum Gasteiger partial charge on any atom is 0.225 e. The first-order valence-electron chi connectivity index (χ1n) is 7.26. The van der Waals surface area contributed by atoms with E-state index in [4.69, 9.17) is 15.5 Å². The summed E-state index contributed by atoms with van der Waals surface area (Å²) in [4.78, 5) is 11.4. The van der Waals surface area contributed by atoms with Gasteiger partial charge in [0, 0.05) is 37.4 Å². The number of morpholine rings is 1. The van der Waals surface area contributed by atoms with Crippen molar-refractivity contribution in [1.82, 2.24) is 9.97 Å². The number of nitrogens with zero attached hydrogens (tertiary/aromatic N) is 3. The molecule has 1 aliphatic heterocycles. The van der Waals surface area contributed by atoms with Crippen molar-refractivity contribution in [2.45, 2.75) is 37.7 Å². The van der Waals surface area contributed by atoms with Crippen molar-refractivity contribution in [3.8, 4) is 0 Å². The molecule has 2 heterocycles. The van der Waals surface area contributed by atoms with E-state index in [9.17, 15) is 0 Å². The van der Waals surface area contributed by atoms with Gasteiger partial charge in [0.05, 0.1) is 12.7 Å². The third-order valence-corrected chi connectivity index (χ3v) is 4.12. The van der Waals surface area contributed by atoms with E-state index in [1.807, 2.05) is 6.20 Å². The van der Waals surface area contributed by atoms with Gasteiger partial charge in [-0.25, -0.2) is 9.97 Å². The molecule has 0 bridgehead atoms. The van der Waals surface area contributed by atoms with Crippen LogP contribution >= 0.6 is 0 Å². The van der Waals surface area contributed by atoms with E-state index in [2.05, 4.69) is 16.0 Å². The monoisotopic (exact) mass is 262 g/mol. The Morgan fingerprint density at radius 2 is 2.21 bits per heavy atom. The van der Waals surface area contributed by atoms with Crippen molar-refractivity contribution in [2.24, 2.45) is 5.73 Å². The number of hydrogen-bond donors (Lipinski definition) is 1. The molecule has 0 radical (unpaired) electrons. The van der Waals surface area contributed by atoms with Crippen LogP contribution in [-0.2, 0) is 4.74 Å². The number of nitrogens with two attached hydrogens (primary N) is 1. The van der Waals surface area contributed by atoms with Crippen molar-refractivity contribution in [3.63, 3.8) is 0 Å². The smallest absolute Gasteiger partial charge is 0.225 e. The van der Waals surface area contributed by atoms with Gasteiger partial charge >= 0.3 is 0 Å². The zero-order chi connectivity index (χ0) is 13.1. The SMILES string of the molecule is NC[C@H]1CN(c2nccc(C3CCCC3)n2)CCO1. The number of aromatic nitrogens is 2. The lowest BCUT2D eigenvalue weighted by Gasteiger charge is -2.32. The maximum absolute atomic E-state index is 5.68. The van der Waals surface area contributed by atoms with E-state index < -0.39 is 0 Å². The number of hydrogen-bond acceptors (Lipinski definition) is 5. The molecular weight excluding hydrogens is 240 g/mol. The molecule has 1 saturated heterocycles. The quantitative estimate of drug-likeness (QED) is 0.889. The summed E-state index contributed by atoms with van der Waals surface area (Å²) >= 11 is 0. The fourth-order valence-corrected chi connectivity index (χ4v) is 3.01. The molecular formula is C14H22N4O. The van der Waals surface area contributed by atoms with Gasteiger partial charge in [0.2, 0.25) is 5.95 Å². The van der Waals surface area contributed by atoms with E-state index in [1.54, 1.807) is 0 Å². The van der Waals surface area contributed by atoms with Crippen LogP contribution in [0, 0.1) is 0 Å². The molecule has 0 unspecified atom stereocenters. The fraction of sp³-hybridized carbons (Fsp3) is 0.714. The Balaban J connectivity index is 1.74. The first-order valence-corrected chi connectivity index (χ1v) is 7.26. The molecule has 3 rings (SSSR count). The minimum Gasteiger partial charge on any atom is -0.373 e. The van der Waals surface area contributed by atoms with Crippen molar-refractivity contribution < 1.29 is 4.74 Å². The Morgan fingerprint density at radius 1 is 1.37 bits per heavy atom. The topological polar surface area (TPSA) is 64.3 Å². The van der Waals surface area contributed by atoms with Crippen LogP contribution in [0.1, 0.15) is 37.3 Å². The van der Waals surface area contributed by atoms with Crippen LogP contribution in [0.25, 0.3) is 0 Å². The van der Waals surface area contributed by atoms with Crippen LogP contribution in [0.2, 0.25) is 0 Å². The molecule has 5 nitrogen and oxygen atoms in total. The van der Waals surface area contributed by atoms with Gasteiger partial charge in [-0.05, 0) is 18.9 Å². The summed E-state index contributed by atoms with van der Waals surface area (Å²) in [6, 6.07) is 2.07. The van der Waals surface area contributed by atoms with Crippen LogP contribution in [0.4, 0.5) is 5.95 Å². The van der Waals surface area contributed by atoms with Gasteiger partial charge in [0.1, 0.15) is 0 Å². The molecule has 0 spiro atoms. The third-order valence-electron chi connectivity index (χ3n) is 4.12. The fourth-order valence-electron chi connectivity index (χ4n) is 3.01. The molecule has 1 atom stereocenters. The lowest BCUT2D eigenvalue weighted by atomic mass is 10.0. The molecule has 104 valence electrons. The largest absolute Gasteiger partial charge is 0.373 e. The summed E-state index contributed by atoms with van der Waals surface area (Å²) in [5.74, 6) is 1.47. The highest BCUT2D eigenvalue weighted by atomic mass is 16.5. The van der Waals surface area contributed by atoms with Crippen LogP contribution in [-0.4, -0.2) is 42.3 Å². The van der Waals surface area contributed by atoms with Crippen LogP contribution in [0.5, 0.6) is 0 Å². The second kappa shape index (κ2) is 5.84. The molecule has 1 aromatic rings. The summed E-state index contributed by atoms with van der Waals surface area (Å²) in [5, 5.41) is 0. The highest BCUT2D eigenvalue weighted by molar-refractivity contribution is 5.32. The normalized spacial score (nSPS) is 24.9. The van der Waals surface area contributed by atoms with E-state index >= 15 is 0 Å². The average Bonchev–Trinajstić information content (AvgIpc) is 3.02. The molecule has 2 N–H and O–H groups in total. The second-order valence-corrected chi connectivity index (χ2v) is 5.44. The van der Waals surface area contributed by atoms with Crippen molar-refractivity contribution >= 4 is 5.95 Å². The first-order chi connectivity index (χ1) is 9.36. The van der Waals surface area contributed by atoms with Crippen molar-refractivity contribution in [2.75, 3.05) is 31.1 Å². The van der Waals surface area contributed by atoms with Crippen LogP contribution < -0.4 is 10.6 Å². The van der Waals surface area contributed by atoms with Gasteiger partial charge in [-0.2, -0.15) is 0 Å². The zero-order valence-electron chi connectivity index (χ0n) is 11.3. The van der Waals surface area contributed by atoms with Gasteiger partial charge in [0.15, 0.2) is 0 Å². The minimum atomic E-state index is 0.104. The Morgan fingerprint density at radius 3 is 3.00 bits per heavy atom. The predicted octanol–water partition coefficient (Wildman–Crippen LogP) is 1.30. The van der Waals surface area contributed by atoms with E-state index in [1.165, 1.54) is 31.4 Å². The summed E-state index contributed by atoms with van der Waals surface area (Å²) in [6.45, 7) is 2.91. The summed E-state index contributed by atoms with van der Waals surface area (Å²) in [6.07, 6.45) is 7.19. The number of ether oxygens (including phenoxy) is 1. The minimum absolute atomic E-state index is 0.104. The zero-order valence-corrected chi connectivity index (χ0v) is 11.3. The lowest BCUT2D eigenvalue weighted by Crippen LogP contribution is -2.46. The highest BCUT2D eigenvalue weighted by Crippen LogP contribution is 2.33. The number of anilines is 1. The molecule has 2 aliphatic rings. The summed E-state index contributed by atoms with van der Waals surface area (Å²) < 4.78 is 5.59. The van der Waals surface area contributed by atoms with Crippen LogP contribution in [0.15, 0.2) is 12.3 Å². The van der Waals surface area contributed by atoms with Gasteiger partial charge < -0.3 is 15.4 Å². The Bertz CT molecular complexity index is 420. The second-order valence-electron chi connectivity index (χ2n) is 5.44. The average molecular weight is 262 g/mol. The standard InChI is InChI=1S/C14H22N4O/c15-9-12-10-18(7-8-19-12)14-16-6-5-13(17-14)11-3-1-2-4-11/h5-6,11-12H,1-4,7-10,15H2/t12-/m0/s1. The number of rotatable bonds is 3. The van der Waals surface area contributed by atoms with E-state index in [0.29, 0.717) is 19.1 Å². The van der Waals surface area contributed by atoms with E-state index in [-0.39, 0.29) is 6.10 Å². The molecule has 19 heavy (non-hydrogen) atoms. The summed E-state index contributed by atoms with van der Waals surface area (Å²) in [7, 11) is 0. The third kappa shape index (κ3) is 2.87. The lowest BCUT2D eigenvalue weighted by molar-refractivity contribution is 0.0460. The maximum atomic E-state index is 5.68. The first kappa shape index (κ1) is 12.8. The Hall–Kier alpha value is -1.20. The van der Waals surface area contributed by atoms with Crippen LogP contribution in [0.3, 0.4) is 0 Å². The molecule has 2 fully saturated rings. The van der Waals surface area contributed by atoms with E-state index in [0.717, 1.165) is 19.0 Å². The van der Waals surface area contributed by atoms with Crippen molar-refractivity contribution in [1.29, 1.82) is 0 Å². The van der Waals surface area contributed by atoms with Gasteiger partial charge in [-0.1, -0.05) is 12.8 Å². The van der Waals surface area contributed by atoms with Crippen molar-refractivity contribution in [3.05, 3.63) is 18.0 Å². The molecule has 0 amide bonds. The molecule has 5 heteroatoms. The predicted molar refractivity (Wildman–Crippen MR) is 74.2 cm³/mol. The van der Waals surface area contributed by atoms with Gasteiger partial charge in [-0.3, -0.25) is 0 Å². The Kier molecular flexibility index (Phi) is 3.94. The Labute approximate surface area is 114 Å². The molecule has 1 aliphatic carbocycles. The van der Waals surface area contributed by atoms with Gasteiger partial charge in [0.25, 0.3) is 0 Å². The van der Waals surface area contributed by atoms with Gasteiger partial charge in [-0.15, -0.1) is 0 Å². The molecule has 1 aromatic heterocycles. The molecule has 0 aromatic carbocycles.